The summed E-state index contributed by atoms with van der Waals surface area (Å²) in [4.78, 5) is 4.24. The highest BCUT2D eigenvalue weighted by molar-refractivity contribution is 6.30. The molecule has 1 aliphatic rings. The smallest absolute Gasteiger partial charge is 0.258 e. The monoisotopic (exact) mass is 283 g/mol. The highest BCUT2D eigenvalue weighted by Gasteiger charge is 2.21. The third-order valence-electron chi connectivity index (χ3n) is 2.84. The topological polar surface area (TPSA) is 60.2 Å². The quantitative estimate of drug-likeness (QED) is 0.915. The van der Waals surface area contributed by atoms with Gasteiger partial charge in [0.2, 0.25) is 0 Å². The van der Waals surface area contributed by atoms with Crippen LogP contribution in [0.25, 0.3) is 11.5 Å². The number of morpholine rings is 1. The van der Waals surface area contributed by atoms with E-state index in [1.54, 1.807) is 6.07 Å². The summed E-state index contributed by atoms with van der Waals surface area (Å²) in [6.45, 7) is 1.90. The van der Waals surface area contributed by atoms with E-state index in [1.807, 2.05) is 0 Å². The molecule has 100 valence electrons. The number of nitrogens with one attached hydrogen (secondary N) is 1. The highest BCUT2D eigenvalue weighted by Crippen LogP contribution is 2.24. The molecule has 1 fully saturated rings. The van der Waals surface area contributed by atoms with Gasteiger partial charge in [-0.1, -0.05) is 16.8 Å². The van der Waals surface area contributed by atoms with Crippen LogP contribution in [0.1, 0.15) is 11.9 Å². The Balaban J connectivity index is 1.85. The van der Waals surface area contributed by atoms with Crippen LogP contribution in [0.4, 0.5) is 4.39 Å². The van der Waals surface area contributed by atoms with E-state index in [-0.39, 0.29) is 17.0 Å². The second-order valence-corrected chi connectivity index (χ2v) is 4.58. The van der Waals surface area contributed by atoms with Gasteiger partial charge in [-0.2, -0.15) is 4.98 Å². The summed E-state index contributed by atoms with van der Waals surface area (Å²) in [5.74, 6) is 0.251. The van der Waals surface area contributed by atoms with Gasteiger partial charge >= 0.3 is 0 Å². The second kappa shape index (κ2) is 5.24. The van der Waals surface area contributed by atoms with Crippen molar-refractivity contribution in [3.63, 3.8) is 0 Å². The van der Waals surface area contributed by atoms with Crippen LogP contribution in [0.5, 0.6) is 0 Å². The van der Waals surface area contributed by atoms with Gasteiger partial charge in [-0.05, 0) is 18.2 Å². The fraction of sp³-hybridized carbons (Fsp3) is 0.333. The van der Waals surface area contributed by atoms with E-state index in [0.717, 1.165) is 6.54 Å². The van der Waals surface area contributed by atoms with E-state index in [9.17, 15) is 4.39 Å². The van der Waals surface area contributed by atoms with Gasteiger partial charge in [0.15, 0.2) is 5.82 Å². The van der Waals surface area contributed by atoms with Crippen LogP contribution in [-0.4, -0.2) is 29.9 Å². The number of benzene rings is 1. The fourth-order valence-electron chi connectivity index (χ4n) is 1.85. The molecule has 1 saturated heterocycles. The van der Waals surface area contributed by atoms with Crippen molar-refractivity contribution in [2.45, 2.75) is 6.04 Å². The molecule has 0 saturated carbocycles. The number of hydrogen-bond acceptors (Lipinski definition) is 5. The maximum atomic E-state index is 13.4. The SMILES string of the molecule is Fc1cc(-c2nc(C3COCCN3)no2)ccc1Cl. The van der Waals surface area contributed by atoms with Crippen LogP contribution < -0.4 is 5.32 Å². The first-order valence-corrected chi connectivity index (χ1v) is 6.22. The number of hydrogen-bond donors (Lipinski definition) is 1. The molecule has 0 amide bonds. The van der Waals surface area contributed by atoms with Gasteiger partial charge in [0.05, 0.1) is 24.3 Å². The second-order valence-electron chi connectivity index (χ2n) is 4.17. The Bertz CT molecular complexity index is 584. The highest BCUT2D eigenvalue weighted by atomic mass is 35.5. The van der Waals surface area contributed by atoms with Crippen molar-refractivity contribution in [3.05, 3.63) is 34.9 Å². The molecule has 1 aromatic heterocycles. The molecule has 7 heteroatoms. The lowest BCUT2D eigenvalue weighted by atomic mass is 10.2. The van der Waals surface area contributed by atoms with Crippen LogP contribution in [0.2, 0.25) is 5.02 Å². The maximum Gasteiger partial charge on any atom is 0.258 e. The molecule has 3 rings (SSSR count). The first kappa shape index (κ1) is 12.5. The van der Waals surface area contributed by atoms with E-state index in [2.05, 4.69) is 15.5 Å². The van der Waals surface area contributed by atoms with Crippen LogP contribution in [-0.2, 0) is 4.74 Å². The Kier molecular flexibility index (Phi) is 3.46. The molecule has 5 nitrogen and oxygen atoms in total. The Labute approximate surface area is 113 Å². The van der Waals surface area contributed by atoms with E-state index in [4.69, 9.17) is 20.9 Å². The minimum atomic E-state index is -0.516. The molecule has 0 aliphatic carbocycles. The summed E-state index contributed by atoms with van der Waals surface area (Å²) in [6, 6.07) is 4.26. The molecular weight excluding hydrogens is 273 g/mol. The van der Waals surface area contributed by atoms with Crippen LogP contribution >= 0.6 is 11.6 Å². The third-order valence-corrected chi connectivity index (χ3v) is 3.15. The van der Waals surface area contributed by atoms with Crippen molar-refractivity contribution >= 4 is 11.6 Å². The van der Waals surface area contributed by atoms with E-state index in [0.29, 0.717) is 24.6 Å². The molecule has 1 atom stereocenters. The summed E-state index contributed by atoms with van der Waals surface area (Å²) in [5, 5.41) is 7.16. The average molecular weight is 284 g/mol. The number of ether oxygens (including phenoxy) is 1. The van der Waals surface area contributed by atoms with Gasteiger partial charge in [-0.3, -0.25) is 0 Å². The molecule has 0 spiro atoms. The lowest BCUT2D eigenvalue weighted by Gasteiger charge is -2.20. The number of halogens is 2. The van der Waals surface area contributed by atoms with Gasteiger partial charge < -0.3 is 14.6 Å². The van der Waals surface area contributed by atoms with Crippen molar-refractivity contribution in [2.24, 2.45) is 0 Å². The molecule has 1 N–H and O–H groups in total. The van der Waals surface area contributed by atoms with Crippen molar-refractivity contribution in [2.75, 3.05) is 19.8 Å². The third kappa shape index (κ3) is 2.60. The van der Waals surface area contributed by atoms with Crippen LogP contribution in [0.15, 0.2) is 22.7 Å². The molecule has 1 aliphatic heterocycles. The molecule has 1 aromatic carbocycles. The maximum absolute atomic E-state index is 13.4. The summed E-state index contributed by atoms with van der Waals surface area (Å²) in [5.41, 5.74) is 0.498. The summed E-state index contributed by atoms with van der Waals surface area (Å²) in [6.07, 6.45) is 0. The number of aromatic nitrogens is 2. The summed E-state index contributed by atoms with van der Waals surface area (Å²) in [7, 11) is 0. The average Bonchev–Trinajstić information content (AvgIpc) is 2.93. The van der Waals surface area contributed by atoms with E-state index < -0.39 is 5.82 Å². The van der Waals surface area contributed by atoms with Gasteiger partial charge in [-0.15, -0.1) is 0 Å². The standard InChI is InChI=1S/C12H11ClFN3O2/c13-8-2-1-7(5-9(8)14)12-16-11(17-19-12)10-6-18-4-3-15-10/h1-2,5,10,15H,3-4,6H2. The molecular formula is C12H11ClFN3O2. The molecule has 2 heterocycles. The molecule has 0 bridgehead atoms. The predicted molar refractivity (Wildman–Crippen MR) is 66.3 cm³/mol. The first-order chi connectivity index (χ1) is 9.24. The number of rotatable bonds is 2. The fourth-order valence-corrected chi connectivity index (χ4v) is 1.97. The van der Waals surface area contributed by atoms with Crippen molar-refractivity contribution in [1.82, 2.24) is 15.5 Å². The summed E-state index contributed by atoms with van der Waals surface area (Å²) < 4.78 is 23.8. The Morgan fingerprint density at radius 2 is 2.32 bits per heavy atom. The normalized spacial score (nSPS) is 19.6. The lowest BCUT2D eigenvalue weighted by molar-refractivity contribution is 0.0734. The van der Waals surface area contributed by atoms with Crippen LogP contribution in [0, 0.1) is 5.82 Å². The van der Waals surface area contributed by atoms with Gasteiger partial charge in [0, 0.05) is 12.1 Å². The zero-order chi connectivity index (χ0) is 13.2. The molecule has 0 radical (unpaired) electrons. The molecule has 1 unspecified atom stereocenters. The van der Waals surface area contributed by atoms with Crippen LogP contribution in [0.3, 0.4) is 0 Å². The van der Waals surface area contributed by atoms with Gasteiger partial charge in [0.1, 0.15) is 5.82 Å². The Morgan fingerprint density at radius 3 is 3.05 bits per heavy atom. The zero-order valence-corrected chi connectivity index (χ0v) is 10.7. The lowest BCUT2D eigenvalue weighted by Crippen LogP contribution is -2.35. The summed E-state index contributed by atoms with van der Waals surface area (Å²) >= 11 is 5.63. The van der Waals surface area contributed by atoms with E-state index in [1.165, 1.54) is 12.1 Å². The van der Waals surface area contributed by atoms with E-state index >= 15 is 0 Å². The van der Waals surface area contributed by atoms with Crippen molar-refractivity contribution in [3.8, 4) is 11.5 Å². The van der Waals surface area contributed by atoms with Crippen molar-refractivity contribution < 1.29 is 13.7 Å². The molecule has 19 heavy (non-hydrogen) atoms. The van der Waals surface area contributed by atoms with Crippen molar-refractivity contribution in [1.29, 1.82) is 0 Å². The van der Waals surface area contributed by atoms with Gasteiger partial charge in [-0.25, -0.2) is 4.39 Å². The Morgan fingerprint density at radius 1 is 1.42 bits per heavy atom. The minimum Gasteiger partial charge on any atom is -0.378 e. The minimum absolute atomic E-state index is 0.0610. The first-order valence-electron chi connectivity index (χ1n) is 5.84. The number of nitrogens with zero attached hydrogens (tertiary/aromatic N) is 2. The molecule has 2 aromatic rings. The zero-order valence-electron chi connectivity index (χ0n) is 9.90. The predicted octanol–water partition coefficient (Wildman–Crippen LogP) is 2.19. The largest absolute Gasteiger partial charge is 0.378 e. The van der Waals surface area contributed by atoms with Gasteiger partial charge in [0.25, 0.3) is 5.89 Å². The Hall–Kier alpha value is -1.50.